The lowest BCUT2D eigenvalue weighted by Gasteiger charge is -2.09. The molecule has 1 aliphatic heterocycles. The molecule has 0 saturated carbocycles. The van der Waals surface area contributed by atoms with Crippen LogP contribution in [0.25, 0.3) is 5.69 Å². The minimum atomic E-state index is -0.787. The van der Waals surface area contributed by atoms with E-state index in [2.05, 4.69) is 5.10 Å². The van der Waals surface area contributed by atoms with E-state index in [4.69, 9.17) is 9.47 Å². The third-order valence-electron chi connectivity index (χ3n) is 3.32. The van der Waals surface area contributed by atoms with Gasteiger partial charge in [0.15, 0.2) is 0 Å². The number of hydrogen-bond donors (Lipinski definition) is 0. The van der Waals surface area contributed by atoms with Gasteiger partial charge in [-0.25, -0.2) is 14.3 Å². The highest BCUT2D eigenvalue weighted by atomic mass is 16.6. The van der Waals surface area contributed by atoms with Gasteiger partial charge in [-0.2, -0.15) is 5.10 Å². The molecule has 1 aromatic heterocycles. The number of benzene rings is 1. The van der Waals surface area contributed by atoms with Crippen LogP contribution in [0, 0.1) is 6.92 Å². The second-order valence-electron chi connectivity index (χ2n) is 4.78. The van der Waals surface area contributed by atoms with Crippen molar-refractivity contribution in [3.63, 3.8) is 0 Å². The Morgan fingerprint density at radius 2 is 2.10 bits per heavy atom. The van der Waals surface area contributed by atoms with Crippen LogP contribution in [0.1, 0.15) is 22.5 Å². The van der Waals surface area contributed by atoms with Crippen LogP contribution >= 0.6 is 0 Å². The Hall–Kier alpha value is -2.63. The van der Waals surface area contributed by atoms with Crippen molar-refractivity contribution in [2.45, 2.75) is 19.4 Å². The van der Waals surface area contributed by atoms with E-state index in [1.54, 1.807) is 35.1 Å². The Morgan fingerprint density at radius 3 is 2.67 bits per heavy atom. The summed E-state index contributed by atoms with van der Waals surface area (Å²) in [6.45, 7) is 2.25. The van der Waals surface area contributed by atoms with E-state index in [1.165, 1.54) is 0 Å². The van der Waals surface area contributed by atoms with Gasteiger partial charge in [0.2, 0.25) is 6.10 Å². The lowest BCUT2D eigenvalue weighted by Crippen LogP contribution is -2.22. The summed E-state index contributed by atoms with van der Waals surface area (Å²) >= 11 is 0. The maximum Gasteiger partial charge on any atom is 0.347 e. The van der Waals surface area contributed by atoms with Crippen molar-refractivity contribution < 1.29 is 19.1 Å². The third kappa shape index (κ3) is 2.65. The zero-order valence-electron chi connectivity index (χ0n) is 11.5. The van der Waals surface area contributed by atoms with Crippen molar-refractivity contribution in [3.05, 3.63) is 47.8 Å². The summed E-state index contributed by atoms with van der Waals surface area (Å²) in [5.74, 6) is -1.00. The lowest BCUT2D eigenvalue weighted by atomic mass is 10.2. The van der Waals surface area contributed by atoms with Gasteiger partial charge in [0.1, 0.15) is 0 Å². The molecule has 0 spiro atoms. The van der Waals surface area contributed by atoms with Gasteiger partial charge in [-0.1, -0.05) is 0 Å². The molecule has 0 N–H and O–H groups in total. The summed E-state index contributed by atoms with van der Waals surface area (Å²) in [5, 5.41) is 4.19. The third-order valence-corrected chi connectivity index (χ3v) is 3.32. The van der Waals surface area contributed by atoms with Gasteiger partial charge in [0.05, 0.1) is 17.9 Å². The topological polar surface area (TPSA) is 70.4 Å². The zero-order chi connectivity index (χ0) is 14.8. The van der Waals surface area contributed by atoms with Crippen LogP contribution in [0.4, 0.5) is 0 Å². The van der Waals surface area contributed by atoms with Crippen molar-refractivity contribution >= 4 is 11.9 Å². The molecule has 1 aliphatic rings. The van der Waals surface area contributed by atoms with Crippen LogP contribution < -0.4 is 0 Å². The molecule has 1 fully saturated rings. The highest BCUT2D eigenvalue weighted by Crippen LogP contribution is 2.15. The van der Waals surface area contributed by atoms with Crippen molar-refractivity contribution in [2.24, 2.45) is 0 Å². The van der Waals surface area contributed by atoms with Crippen molar-refractivity contribution in [1.82, 2.24) is 9.78 Å². The molecule has 108 valence electrons. The van der Waals surface area contributed by atoms with Crippen LogP contribution in [0.5, 0.6) is 0 Å². The molecule has 1 aromatic carbocycles. The Labute approximate surface area is 121 Å². The van der Waals surface area contributed by atoms with Gasteiger partial charge in [-0.05, 0) is 37.3 Å². The number of aryl methyl sites for hydroxylation is 1. The molecule has 0 unspecified atom stereocenters. The quantitative estimate of drug-likeness (QED) is 0.802. The first-order chi connectivity index (χ1) is 10.1. The minimum Gasteiger partial charge on any atom is -0.463 e. The molecular weight excluding hydrogens is 272 g/mol. The van der Waals surface area contributed by atoms with Crippen LogP contribution in [0.2, 0.25) is 0 Å². The van der Waals surface area contributed by atoms with Crippen molar-refractivity contribution in [3.8, 4) is 5.69 Å². The molecule has 0 amide bonds. The second-order valence-corrected chi connectivity index (χ2v) is 4.78. The van der Waals surface area contributed by atoms with E-state index in [0.29, 0.717) is 18.6 Å². The Balaban J connectivity index is 1.73. The predicted molar refractivity (Wildman–Crippen MR) is 73.1 cm³/mol. The van der Waals surface area contributed by atoms with Crippen molar-refractivity contribution in [2.75, 3.05) is 6.61 Å². The average molecular weight is 286 g/mol. The van der Waals surface area contributed by atoms with E-state index in [1.807, 2.05) is 13.0 Å². The van der Waals surface area contributed by atoms with E-state index < -0.39 is 18.0 Å². The highest BCUT2D eigenvalue weighted by Gasteiger charge is 2.30. The van der Waals surface area contributed by atoms with Gasteiger partial charge in [-0.3, -0.25) is 0 Å². The van der Waals surface area contributed by atoms with Crippen LogP contribution in [-0.2, 0) is 14.3 Å². The van der Waals surface area contributed by atoms with Crippen LogP contribution in [-0.4, -0.2) is 34.4 Å². The molecule has 2 heterocycles. The molecule has 3 rings (SSSR count). The van der Waals surface area contributed by atoms with Crippen molar-refractivity contribution in [1.29, 1.82) is 0 Å². The molecule has 0 bridgehead atoms. The number of hydrogen-bond acceptors (Lipinski definition) is 5. The Kier molecular flexibility index (Phi) is 3.43. The number of rotatable bonds is 3. The molecule has 0 radical (unpaired) electrons. The first kappa shape index (κ1) is 13.4. The van der Waals surface area contributed by atoms with Gasteiger partial charge >= 0.3 is 11.9 Å². The zero-order valence-corrected chi connectivity index (χ0v) is 11.5. The average Bonchev–Trinajstić information content (AvgIpc) is 3.08. The molecule has 1 saturated heterocycles. The minimum absolute atomic E-state index is 0.300. The summed E-state index contributed by atoms with van der Waals surface area (Å²) in [7, 11) is 0. The fourth-order valence-corrected chi connectivity index (χ4v) is 2.16. The predicted octanol–water partition coefficient (Wildman–Crippen LogP) is 1.65. The van der Waals surface area contributed by atoms with Gasteiger partial charge < -0.3 is 9.47 Å². The number of ether oxygens (including phenoxy) is 2. The lowest BCUT2D eigenvalue weighted by molar-refractivity contribution is -0.145. The monoisotopic (exact) mass is 286 g/mol. The maximum atomic E-state index is 12.0. The largest absolute Gasteiger partial charge is 0.463 e. The number of carbonyl (C=O) groups is 2. The molecular formula is C15H14N2O4. The first-order valence-electron chi connectivity index (χ1n) is 6.64. The number of cyclic esters (lactones) is 1. The fourth-order valence-electron chi connectivity index (χ4n) is 2.16. The standard InChI is InChI=1S/C15H14N2O4/c1-10-6-8-16-17(10)12-4-2-11(3-5-12)14(18)21-13-7-9-20-15(13)19/h2-6,8,13H,7,9H2,1H3/t13-/m1/s1. The van der Waals surface area contributed by atoms with Gasteiger partial charge in [0, 0.05) is 18.3 Å². The molecule has 6 heteroatoms. The summed E-state index contributed by atoms with van der Waals surface area (Å²) in [5.41, 5.74) is 2.25. The van der Waals surface area contributed by atoms with E-state index in [0.717, 1.165) is 11.4 Å². The maximum absolute atomic E-state index is 12.0. The number of aromatic nitrogens is 2. The van der Waals surface area contributed by atoms with E-state index >= 15 is 0 Å². The normalized spacial score (nSPS) is 17.6. The first-order valence-corrected chi connectivity index (χ1v) is 6.64. The van der Waals surface area contributed by atoms with Gasteiger partial charge in [-0.15, -0.1) is 0 Å². The second kappa shape index (κ2) is 5.40. The number of esters is 2. The SMILES string of the molecule is Cc1ccnn1-c1ccc(C(=O)O[C@@H]2CCOC2=O)cc1. The summed E-state index contributed by atoms with van der Waals surface area (Å²) in [4.78, 5) is 23.2. The van der Waals surface area contributed by atoms with Gasteiger partial charge in [0.25, 0.3) is 0 Å². The van der Waals surface area contributed by atoms with Crippen LogP contribution in [0.15, 0.2) is 36.5 Å². The summed E-state index contributed by atoms with van der Waals surface area (Å²) in [6.07, 6.45) is 1.34. The number of nitrogens with zero attached hydrogens (tertiary/aromatic N) is 2. The Bertz CT molecular complexity index is 675. The molecule has 6 nitrogen and oxygen atoms in total. The van der Waals surface area contributed by atoms with Crippen LogP contribution in [0.3, 0.4) is 0 Å². The molecule has 1 atom stereocenters. The molecule has 0 aliphatic carbocycles. The van der Waals surface area contributed by atoms with E-state index in [9.17, 15) is 9.59 Å². The molecule has 2 aromatic rings. The van der Waals surface area contributed by atoms with E-state index in [-0.39, 0.29) is 0 Å². The smallest absolute Gasteiger partial charge is 0.347 e. The fraction of sp³-hybridized carbons (Fsp3) is 0.267. The highest BCUT2D eigenvalue weighted by molar-refractivity contribution is 5.91. The Morgan fingerprint density at radius 1 is 1.33 bits per heavy atom. The summed E-state index contributed by atoms with van der Waals surface area (Å²) < 4.78 is 11.7. The molecule has 21 heavy (non-hydrogen) atoms. The number of carbonyl (C=O) groups excluding carboxylic acids is 2. The summed E-state index contributed by atoms with van der Waals surface area (Å²) in [6, 6.07) is 8.76.